The van der Waals surface area contributed by atoms with Gasteiger partial charge in [0.05, 0.1) is 23.3 Å². The van der Waals surface area contributed by atoms with E-state index in [9.17, 15) is 18.0 Å². The highest BCUT2D eigenvalue weighted by atomic mass is 32.2. The molecule has 0 aliphatic heterocycles. The van der Waals surface area contributed by atoms with Crippen molar-refractivity contribution >= 4 is 27.4 Å². The van der Waals surface area contributed by atoms with Crippen molar-refractivity contribution in [1.82, 2.24) is 0 Å². The van der Waals surface area contributed by atoms with Crippen LogP contribution in [0.1, 0.15) is 26.5 Å². The molecule has 1 heterocycles. The number of hydrogen-bond acceptors (Lipinski definition) is 6. The molecule has 3 rings (SSSR count). The van der Waals surface area contributed by atoms with Crippen molar-refractivity contribution in [2.75, 3.05) is 12.4 Å². The molecule has 0 aliphatic rings. The second kappa shape index (κ2) is 7.69. The van der Waals surface area contributed by atoms with Gasteiger partial charge in [0.25, 0.3) is 5.91 Å². The molecule has 1 amide bonds. The summed E-state index contributed by atoms with van der Waals surface area (Å²) in [6, 6.07) is 15.1. The van der Waals surface area contributed by atoms with Crippen LogP contribution < -0.4 is 5.32 Å². The van der Waals surface area contributed by atoms with Gasteiger partial charge in [0.1, 0.15) is 0 Å². The van der Waals surface area contributed by atoms with Crippen LogP contribution in [0, 0.1) is 6.92 Å². The van der Waals surface area contributed by atoms with E-state index in [2.05, 4.69) is 10.1 Å². The summed E-state index contributed by atoms with van der Waals surface area (Å²) in [6.07, 6.45) is 0. The summed E-state index contributed by atoms with van der Waals surface area (Å²) in [5, 5.41) is 2.18. The normalized spacial score (nSPS) is 11.1. The number of furan rings is 1. The molecule has 0 fully saturated rings. The number of methoxy groups -OCH3 is 1. The van der Waals surface area contributed by atoms with Crippen LogP contribution in [0.3, 0.4) is 0 Å². The minimum atomic E-state index is -3.89. The molecule has 0 radical (unpaired) electrons. The molecule has 0 atom stereocenters. The van der Waals surface area contributed by atoms with Gasteiger partial charge in [0, 0.05) is 0 Å². The Morgan fingerprint density at radius 3 is 2.32 bits per heavy atom. The summed E-state index contributed by atoms with van der Waals surface area (Å²) >= 11 is 0. The van der Waals surface area contributed by atoms with Crippen molar-refractivity contribution in [1.29, 1.82) is 0 Å². The first-order valence-corrected chi connectivity index (χ1v) is 9.71. The molecule has 0 saturated carbocycles. The van der Waals surface area contributed by atoms with Gasteiger partial charge in [0.15, 0.2) is 5.76 Å². The third-order valence-electron chi connectivity index (χ3n) is 3.98. The van der Waals surface area contributed by atoms with Crippen molar-refractivity contribution in [3.63, 3.8) is 0 Å². The largest absolute Gasteiger partial charge is 0.465 e. The molecule has 1 N–H and O–H groups in total. The first-order valence-electron chi connectivity index (χ1n) is 8.23. The van der Waals surface area contributed by atoms with Gasteiger partial charge in [-0.1, -0.05) is 29.8 Å². The number of para-hydroxylation sites is 1. The monoisotopic (exact) mass is 399 g/mol. The topological polar surface area (TPSA) is 103 Å². The smallest absolute Gasteiger partial charge is 0.339 e. The number of anilines is 1. The van der Waals surface area contributed by atoms with Crippen LogP contribution in [0.2, 0.25) is 0 Å². The minimum Gasteiger partial charge on any atom is -0.465 e. The molecule has 0 aliphatic carbocycles. The van der Waals surface area contributed by atoms with E-state index in [4.69, 9.17) is 4.42 Å². The predicted octanol–water partition coefficient (Wildman–Crippen LogP) is 3.46. The van der Waals surface area contributed by atoms with Crippen LogP contribution in [0.5, 0.6) is 0 Å². The van der Waals surface area contributed by atoms with Gasteiger partial charge < -0.3 is 14.5 Å². The fourth-order valence-corrected chi connectivity index (χ4v) is 3.66. The zero-order valence-electron chi connectivity index (χ0n) is 15.1. The first kappa shape index (κ1) is 19.4. The maximum atomic E-state index is 12.6. The molecular weight excluding hydrogens is 382 g/mol. The number of ether oxygens (including phenoxy) is 1. The van der Waals surface area contributed by atoms with Gasteiger partial charge in [0.2, 0.25) is 14.9 Å². The van der Waals surface area contributed by atoms with Crippen LogP contribution in [0.4, 0.5) is 5.69 Å². The third kappa shape index (κ3) is 3.81. The highest BCUT2D eigenvalue weighted by Gasteiger charge is 2.24. The van der Waals surface area contributed by atoms with Crippen molar-refractivity contribution in [2.24, 2.45) is 0 Å². The highest BCUT2D eigenvalue weighted by Crippen LogP contribution is 2.24. The lowest BCUT2D eigenvalue weighted by atomic mass is 10.2. The molecule has 8 heteroatoms. The summed E-state index contributed by atoms with van der Waals surface area (Å²) in [5.41, 5.74) is 1.30. The maximum absolute atomic E-state index is 12.6. The molecule has 0 bridgehead atoms. The van der Waals surface area contributed by atoms with Crippen LogP contribution in [-0.2, 0) is 14.6 Å². The number of carbonyl (C=O) groups excluding carboxylic acids is 2. The van der Waals surface area contributed by atoms with Gasteiger partial charge in [-0.25, -0.2) is 13.2 Å². The lowest BCUT2D eigenvalue weighted by molar-refractivity contribution is 0.0602. The molecule has 7 nitrogen and oxygen atoms in total. The number of carbonyl (C=O) groups is 2. The van der Waals surface area contributed by atoms with Crippen molar-refractivity contribution in [3.8, 4) is 0 Å². The summed E-state index contributed by atoms with van der Waals surface area (Å²) < 4.78 is 35.2. The Labute approximate surface area is 161 Å². The number of sulfone groups is 1. The molecule has 0 saturated heterocycles. The summed E-state index contributed by atoms with van der Waals surface area (Å²) in [4.78, 5) is 24.3. The van der Waals surface area contributed by atoms with Gasteiger partial charge in [-0.05, 0) is 43.3 Å². The lowest BCUT2D eigenvalue weighted by Crippen LogP contribution is -2.14. The van der Waals surface area contributed by atoms with E-state index in [1.807, 2.05) is 6.92 Å². The molecule has 28 heavy (non-hydrogen) atoms. The second-order valence-corrected chi connectivity index (χ2v) is 7.81. The quantitative estimate of drug-likeness (QED) is 0.659. The maximum Gasteiger partial charge on any atom is 0.339 e. The van der Waals surface area contributed by atoms with Crippen molar-refractivity contribution in [3.05, 3.63) is 77.6 Å². The molecule has 144 valence electrons. The van der Waals surface area contributed by atoms with Gasteiger partial charge in [-0.15, -0.1) is 0 Å². The fraction of sp³-hybridized carbons (Fsp3) is 0.100. The van der Waals surface area contributed by atoms with E-state index < -0.39 is 21.7 Å². The molecule has 3 aromatic rings. The molecular formula is C20H17NO6S. The predicted molar refractivity (Wildman–Crippen MR) is 101 cm³/mol. The second-order valence-electron chi connectivity index (χ2n) is 5.93. The van der Waals surface area contributed by atoms with E-state index in [0.717, 1.165) is 5.56 Å². The van der Waals surface area contributed by atoms with Gasteiger partial charge >= 0.3 is 5.97 Å². The Kier molecular flexibility index (Phi) is 5.32. The molecule has 2 aromatic carbocycles. The first-order chi connectivity index (χ1) is 13.3. The lowest BCUT2D eigenvalue weighted by Gasteiger charge is -2.08. The van der Waals surface area contributed by atoms with E-state index in [1.54, 1.807) is 24.3 Å². The zero-order valence-corrected chi connectivity index (χ0v) is 15.9. The molecule has 0 spiro atoms. The standard InChI is InChI=1S/C20H17NO6S/c1-13-7-9-14(10-8-13)28(24,25)18-12-11-17(27-18)19(22)21-16-6-4-3-5-15(16)20(23)26-2/h3-12H,1-2H3,(H,21,22). The molecule has 0 unspecified atom stereocenters. The summed E-state index contributed by atoms with van der Waals surface area (Å²) in [5.74, 6) is -1.51. The summed E-state index contributed by atoms with van der Waals surface area (Å²) in [6.45, 7) is 1.85. The minimum absolute atomic E-state index is 0.0652. The number of rotatable bonds is 5. The summed E-state index contributed by atoms with van der Waals surface area (Å²) in [7, 11) is -2.66. The van der Waals surface area contributed by atoms with E-state index in [0.29, 0.717) is 0 Å². The molecule has 1 aromatic heterocycles. The van der Waals surface area contributed by atoms with E-state index in [-0.39, 0.29) is 27.0 Å². The number of nitrogens with one attached hydrogen (secondary N) is 1. The van der Waals surface area contributed by atoms with E-state index >= 15 is 0 Å². The van der Waals surface area contributed by atoms with Crippen LogP contribution >= 0.6 is 0 Å². The number of aryl methyl sites for hydroxylation is 1. The van der Waals surface area contributed by atoms with Gasteiger partial charge in [-0.3, -0.25) is 4.79 Å². The Balaban J connectivity index is 1.86. The average Bonchev–Trinajstić information content (AvgIpc) is 3.19. The van der Waals surface area contributed by atoms with Crippen LogP contribution in [-0.4, -0.2) is 27.4 Å². The van der Waals surface area contributed by atoms with Gasteiger partial charge in [-0.2, -0.15) is 0 Å². The Bertz CT molecular complexity index is 1130. The zero-order chi connectivity index (χ0) is 20.3. The number of benzene rings is 2. The fourth-order valence-electron chi connectivity index (χ4n) is 2.48. The number of esters is 1. The van der Waals surface area contributed by atoms with E-state index in [1.165, 1.54) is 43.5 Å². The number of hydrogen-bond donors (Lipinski definition) is 1. The van der Waals surface area contributed by atoms with Crippen molar-refractivity contribution in [2.45, 2.75) is 16.9 Å². The SMILES string of the molecule is COC(=O)c1ccccc1NC(=O)c1ccc(S(=O)(=O)c2ccc(C)cc2)o1. The van der Waals surface area contributed by atoms with Crippen LogP contribution in [0.25, 0.3) is 0 Å². The Hall–Kier alpha value is -3.39. The average molecular weight is 399 g/mol. The number of amides is 1. The van der Waals surface area contributed by atoms with Crippen molar-refractivity contribution < 1.29 is 27.2 Å². The third-order valence-corrected chi connectivity index (χ3v) is 5.62. The Morgan fingerprint density at radius 1 is 0.964 bits per heavy atom. The highest BCUT2D eigenvalue weighted by molar-refractivity contribution is 7.91. The Morgan fingerprint density at radius 2 is 1.64 bits per heavy atom. The van der Waals surface area contributed by atoms with Crippen LogP contribution in [0.15, 0.2) is 75.1 Å².